The Labute approximate surface area is 167 Å². The van der Waals surface area contributed by atoms with E-state index in [4.69, 9.17) is 0 Å². The SMILES string of the molecule is O=S(=O)(NCCn1nc(-c2ccccn2)c2c1CCCC2)c1cc(F)cc(F)c1. The van der Waals surface area contributed by atoms with E-state index in [1.54, 1.807) is 6.20 Å². The molecule has 0 aliphatic heterocycles. The maximum Gasteiger partial charge on any atom is 0.240 e. The molecule has 1 aromatic carbocycles. The Bertz CT molecular complexity index is 1110. The van der Waals surface area contributed by atoms with Crippen LogP contribution < -0.4 is 4.72 Å². The van der Waals surface area contributed by atoms with Crippen molar-refractivity contribution >= 4 is 10.0 Å². The summed E-state index contributed by atoms with van der Waals surface area (Å²) >= 11 is 0. The largest absolute Gasteiger partial charge is 0.267 e. The lowest BCUT2D eigenvalue weighted by Gasteiger charge is -2.14. The van der Waals surface area contributed by atoms with Gasteiger partial charge in [0.2, 0.25) is 10.0 Å². The first-order chi connectivity index (χ1) is 13.9. The number of nitrogens with zero attached hydrogens (tertiary/aromatic N) is 3. The Morgan fingerprint density at radius 1 is 1.07 bits per heavy atom. The van der Waals surface area contributed by atoms with Gasteiger partial charge in [0.15, 0.2) is 0 Å². The predicted octanol–water partition coefficient (Wildman–Crippen LogP) is 3.08. The van der Waals surface area contributed by atoms with Crippen molar-refractivity contribution in [2.45, 2.75) is 37.1 Å². The van der Waals surface area contributed by atoms with E-state index in [1.165, 1.54) is 0 Å². The van der Waals surface area contributed by atoms with Gasteiger partial charge in [-0.25, -0.2) is 21.9 Å². The quantitative estimate of drug-likeness (QED) is 0.668. The smallest absolute Gasteiger partial charge is 0.240 e. The van der Waals surface area contributed by atoms with Crippen LogP contribution in [0.25, 0.3) is 11.4 Å². The number of hydrogen-bond acceptors (Lipinski definition) is 4. The van der Waals surface area contributed by atoms with Gasteiger partial charge in [0.05, 0.1) is 17.1 Å². The van der Waals surface area contributed by atoms with Crippen molar-refractivity contribution in [3.63, 3.8) is 0 Å². The summed E-state index contributed by atoms with van der Waals surface area (Å²) < 4.78 is 55.6. The van der Waals surface area contributed by atoms with Gasteiger partial charge in [-0.15, -0.1) is 0 Å². The monoisotopic (exact) mass is 418 g/mol. The molecule has 0 fully saturated rings. The van der Waals surface area contributed by atoms with E-state index < -0.39 is 26.6 Å². The van der Waals surface area contributed by atoms with Crippen molar-refractivity contribution in [2.24, 2.45) is 0 Å². The number of halogens is 2. The molecule has 0 atom stereocenters. The highest BCUT2D eigenvalue weighted by molar-refractivity contribution is 7.89. The van der Waals surface area contributed by atoms with E-state index >= 15 is 0 Å². The van der Waals surface area contributed by atoms with Gasteiger partial charge in [-0.05, 0) is 49.9 Å². The summed E-state index contributed by atoms with van der Waals surface area (Å²) in [5, 5.41) is 4.68. The molecule has 2 aromatic heterocycles. The Morgan fingerprint density at radius 2 is 1.83 bits per heavy atom. The summed E-state index contributed by atoms with van der Waals surface area (Å²) in [7, 11) is -4.03. The Morgan fingerprint density at radius 3 is 2.55 bits per heavy atom. The van der Waals surface area contributed by atoms with Crippen LogP contribution in [0.5, 0.6) is 0 Å². The van der Waals surface area contributed by atoms with Crippen molar-refractivity contribution in [3.05, 3.63) is 65.5 Å². The zero-order valence-electron chi connectivity index (χ0n) is 15.6. The average molecular weight is 418 g/mol. The molecular formula is C20H20F2N4O2S. The lowest BCUT2D eigenvalue weighted by Crippen LogP contribution is -2.28. The van der Waals surface area contributed by atoms with E-state index in [9.17, 15) is 17.2 Å². The highest BCUT2D eigenvalue weighted by atomic mass is 32.2. The number of aromatic nitrogens is 3. The van der Waals surface area contributed by atoms with Gasteiger partial charge < -0.3 is 0 Å². The molecule has 1 aliphatic rings. The molecule has 29 heavy (non-hydrogen) atoms. The summed E-state index contributed by atoms with van der Waals surface area (Å²) in [6.45, 7) is 0.364. The molecule has 9 heteroatoms. The third-order valence-electron chi connectivity index (χ3n) is 4.93. The highest BCUT2D eigenvalue weighted by Crippen LogP contribution is 2.30. The minimum Gasteiger partial charge on any atom is -0.267 e. The van der Waals surface area contributed by atoms with E-state index in [2.05, 4.69) is 14.8 Å². The molecule has 0 radical (unpaired) electrons. The molecule has 2 heterocycles. The number of sulfonamides is 1. The third kappa shape index (κ3) is 4.20. The van der Waals surface area contributed by atoms with Gasteiger partial charge in [-0.2, -0.15) is 5.10 Å². The van der Waals surface area contributed by atoms with E-state index in [-0.39, 0.29) is 6.54 Å². The molecular weight excluding hydrogens is 398 g/mol. The maximum atomic E-state index is 13.3. The zero-order chi connectivity index (χ0) is 20.4. The molecule has 3 aromatic rings. The van der Waals surface area contributed by atoms with Crippen molar-refractivity contribution in [1.82, 2.24) is 19.5 Å². The van der Waals surface area contributed by atoms with Crippen LogP contribution in [-0.4, -0.2) is 29.7 Å². The lowest BCUT2D eigenvalue weighted by atomic mass is 9.95. The van der Waals surface area contributed by atoms with Gasteiger partial charge in [0.25, 0.3) is 0 Å². The molecule has 1 N–H and O–H groups in total. The second-order valence-electron chi connectivity index (χ2n) is 6.92. The molecule has 0 saturated heterocycles. The summed E-state index contributed by atoms with van der Waals surface area (Å²) in [6, 6.07) is 7.87. The Hall–Kier alpha value is -2.65. The van der Waals surface area contributed by atoms with E-state index in [0.717, 1.165) is 60.5 Å². The zero-order valence-corrected chi connectivity index (χ0v) is 16.4. The topological polar surface area (TPSA) is 76.9 Å². The van der Waals surface area contributed by atoms with Gasteiger partial charge in [0, 0.05) is 30.1 Å². The predicted molar refractivity (Wildman–Crippen MR) is 104 cm³/mol. The van der Waals surface area contributed by atoms with Crippen molar-refractivity contribution in [2.75, 3.05) is 6.54 Å². The number of nitrogens with one attached hydrogen (secondary N) is 1. The molecule has 152 valence electrons. The molecule has 6 nitrogen and oxygen atoms in total. The van der Waals surface area contributed by atoms with Gasteiger partial charge in [-0.1, -0.05) is 6.07 Å². The first-order valence-corrected chi connectivity index (χ1v) is 10.9. The number of benzene rings is 1. The minimum absolute atomic E-state index is 0.0518. The number of rotatable bonds is 6. The minimum atomic E-state index is -4.03. The van der Waals surface area contributed by atoms with Gasteiger partial charge >= 0.3 is 0 Å². The fraction of sp³-hybridized carbons (Fsp3) is 0.300. The second-order valence-corrected chi connectivity index (χ2v) is 8.69. The maximum absolute atomic E-state index is 13.3. The molecule has 0 spiro atoms. The standard InChI is InChI=1S/C20H20F2N4O2S/c21-14-11-15(22)13-16(12-14)29(27,28)24-9-10-26-19-7-2-1-5-17(19)20(25-26)18-6-3-4-8-23-18/h3-4,6,8,11-13,24H,1-2,5,7,9-10H2. The van der Waals surface area contributed by atoms with Gasteiger partial charge in [-0.3, -0.25) is 9.67 Å². The molecule has 0 unspecified atom stereocenters. The van der Waals surface area contributed by atoms with Crippen LogP contribution in [0.15, 0.2) is 47.5 Å². The number of hydrogen-bond donors (Lipinski definition) is 1. The summed E-state index contributed by atoms with van der Waals surface area (Å²) in [4.78, 5) is 3.95. The molecule has 1 aliphatic carbocycles. The number of fused-ring (bicyclic) bond motifs is 1. The van der Waals surface area contributed by atoms with Crippen molar-refractivity contribution in [3.8, 4) is 11.4 Å². The van der Waals surface area contributed by atoms with Crippen LogP contribution >= 0.6 is 0 Å². The third-order valence-corrected chi connectivity index (χ3v) is 6.37. The van der Waals surface area contributed by atoms with Crippen molar-refractivity contribution < 1.29 is 17.2 Å². The fourth-order valence-corrected chi connectivity index (χ4v) is 4.68. The average Bonchev–Trinajstić information content (AvgIpc) is 3.07. The summed E-state index contributed by atoms with van der Waals surface area (Å²) in [5.41, 5.74) is 3.87. The van der Waals surface area contributed by atoms with Gasteiger partial charge in [0.1, 0.15) is 17.3 Å². The van der Waals surface area contributed by atoms with Crippen LogP contribution in [0.1, 0.15) is 24.1 Å². The van der Waals surface area contributed by atoms with Crippen LogP contribution in [0.4, 0.5) is 8.78 Å². The van der Waals surface area contributed by atoms with Crippen LogP contribution in [0, 0.1) is 11.6 Å². The normalized spacial score (nSPS) is 14.0. The summed E-state index contributed by atoms with van der Waals surface area (Å²) in [5.74, 6) is -1.88. The second kappa shape index (κ2) is 8.00. The van der Waals surface area contributed by atoms with Crippen LogP contribution in [0.2, 0.25) is 0 Å². The van der Waals surface area contributed by atoms with Crippen molar-refractivity contribution in [1.29, 1.82) is 0 Å². The molecule has 0 saturated carbocycles. The first kappa shape index (κ1) is 19.7. The summed E-state index contributed by atoms with van der Waals surface area (Å²) in [6.07, 6.45) is 5.63. The fourth-order valence-electron chi connectivity index (χ4n) is 3.62. The van der Waals surface area contributed by atoms with E-state index in [1.807, 2.05) is 22.9 Å². The highest BCUT2D eigenvalue weighted by Gasteiger charge is 2.23. The molecule has 4 rings (SSSR count). The van der Waals surface area contributed by atoms with Crippen LogP contribution in [-0.2, 0) is 29.4 Å². The Balaban J connectivity index is 1.54. The molecule has 0 amide bonds. The lowest BCUT2D eigenvalue weighted by molar-refractivity contribution is 0.535. The van der Waals surface area contributed by atoms with Crippen LogP contribution in [0.3, 0.4) is 0 Å². The van der Waals surface area contributed by atoms with E-state index in [0.29, 0.717) is 12.6 Å². The first-order valence-electron chi connectivity index (χ1n) is 9.40. The molecule has 0 bridgehead atoms. The number of pyridine rings is 1. The Kier molecular flexibility index (Phi) is 5.42.